The largest absolute Gasteiger partial charge is 0.476 e. The predicted molar refractivity (Wildman–Crippen MR) is 88.7 cm³/mol. The summed E-state index contributed by atoms with van der Waals surface area (Å²) in [5.41, 5.74) is 6.48. The highest BCUT2D eigenvalue weighted by Crippen LogP contribution is 2.30. The fraction of sp³-hybridized carbons (Fsp3) is 0.706. The molecule has 1 aliphatic rings. The van der Waals surface area contributed by atoms with Crippen LogP contribution in [0.4, 0.5) is 11.5 Å². The Labute approximate surface area is 128 Å². The third-order valence-electron chi connectivity index (χ3n) is 4.33. The molecule has 2 rings (SSSR count). The maximum Gasteiger partial charge on any atom is 0.239 e. The summed E-state index contributed by atoms with van der Waals surface area (Å²) >= 11 is 0. The van der Waals surface area contributed by atoms with Crippen molar-refractivity contribution < 1.29 is 4.74 Å². The lowest BCUT2D eigenvalue weighted by atomic mass is 9.81. The summed E-state index contributed by atoms with van der Waals surface area (Å²) in [5.74, 6) is 3.21. The molecule has 1 aromatic heterocycles. The van der Waals surface area contributed by atoms with E-state index in [0.29, 0.717) is 18.2 Å². The fourth-order valence-corrected chi connectivity index (χ4v) is 2.89. The van der Waals surface area contributed by atoms with Gasteiger partial charge in [0.15, 0.2) is 0 Å². The molecule has 1 aliphatic carbocycles. The van der Waals surface area contributed by atoms with E-state index in [2.05, 4.69) is 24.1 Å². The Bertz CT molecular complexity index is 428. The van der Waals surface area contributed by atoms with E-state index >= 15 is 0 Å². The Hall–Kier alpha value is -1.45. The zero-order chi connectivity index (χ0) is 15.1. The van der Waals surface area contributed by atoms with E-state index in [4.69, 9.17) is 10.5 Å². The minimum absolute atomic E-state index is 0.549. The molecular weight excluding hydrogens is 262 g/mol. The summed E-state index contributed by atoms with van der Waals surface area (Å²) < 4.78 is 5.56. The van der Waals surface area contributed by atoms with Crippen molar-refractivity contribution in [2.75, 3.05) is 24.2 Å². The molecule has 4 heteroatoms. The van der Waals surface area contributed by atoms with Crippen LogP contribution in [0.5, 0.6) is 5.88 Å². The zero-order valence-corrected chi connectivity index (χ0v) is 13.4. The molecule has 1 aromatic rings. The number of aromatic nitrogens is 1. The first-order valence-corrected chi connectivity index (χ1v) is 8.32. The van der Waals surface area contributed by atoms with Gasteiger partial charge in [0.1, 0.15) is 5.82 Å². The molecule has 21 heavy (non-hydrogen) atoms. The minimum atomic E-state index is 0.549. The van der Waals surface area contributed by atoms with E-state index in [-0.39, 0.29) is 0 Å². The normalized spacial score (nSPS) is 22.0. The standard InChI is InChI=1S/C17H29N3O/c1-3-12-21-17-15(18)8-9-16(20-17)19-11-10-14-6-4-13(2)5-7-14/h8-9,13-14H,3-7,10-12,18H2,1-2H3,(H,19,20). The first-order valence-electron chi connectivity index (χ1n) is 8.32. The van der Waals surface area contributed by atoms with Crippen molar-refractivity contribution in [1.29, 1.82) is 0 Å². The maximum atomic E-state index is 5.87. The van der Waals surface area contributed by atoms with Crippen molar-refractivity contribution in [1.82, 2.24) is 4.98 Å². The lowest BCUT2D eigenvalue weighted by molar-refractivity contribution is 0.281. The Morgan fingerprint density at radius 1 is 1.29 bits per heavy atom. The van der Waals surface area contributed by atoms with Crippen molar-refractivity contribution >= 4 is 11.5 Å². The molecule has 1 saturated carbocycles. The molecule has 3 N–H and O–H groups in total. The van der Waals surface area contributed by atoms with E-state index in [0.717, 1.165) is 30.6 Å². The van der Waals surface area contributed by atoms with Gasteiger partial charge in [-0.15, -0.1) is 0 Å². The van der Waals surface area contributed by atoms with Gasteiger partial charge in [-0.05, 0) is 36.8 Å². The number of anilines is 2. The van der Waals surface area contributed by atoms with Gasteiger partial charge in [0.25, 0.3) is 0 Å². The quantitative estimate of drug-likeness (QED) is 0.794. The van der Waals surface area contributed by atoms with Crippen LogP contribution >= 0.6 is 0 Å². The summed E-state index contributed by atoms with van der Waals surface area (Å²) in [4.78, 5) is 4.45. The van der Waals surface area contributed by atoms with Gasteiger partial charge in [-0.3, -0.25) is 0 Å². The molecule has 0 saturated heterocycles. The molecule has 0 atom stereocenters. The van der Waals surface area contributed by atoms with Gasteiger partial charge in [-0.1, -0.05) is 39.5 Å². The van der Waals surface area contributed by atoms with Crippen molar-refractivity contribution in [3.63, 3.8) is 0 Å². The summed E-state index contributed by atoms with van der Waals surface area (Å²) in [6.07, 6.45) is 7.72. The molecule has 0 aliphatic heterocycles. The topological polar surface area (TPSA) is 60.2 Å². The van der Waals surface area contributed by atoms with Crippen LogP contribution in [0, 0.1) is 11.8 Å². The molecule has 0 spiro atoms. The van der Waals surface area contributed by atoms with Gasteiger partial charge in [0.05, 0.1) is 12.3 Å². The first kappa shape index (κ1) is 15.9. The molecule has 0 amide bonds. The van der Waals surface area contributed by atoms with Crippen LogP contribution in [-0.4, -0.2) is 18.1 Å². The van der Waals surface area contributed by atoms with Crippen LogP contribution in [0.2, 0.25) is 0 Å². The van der Waals surface area contributed by atoms with Crippen LogP contribution < -0.4 is 15.8 Å². The third-order valence-corrected chi connectivity index (χ3v) is 4.33. The molecular formula is C17H29N3O. The van der Waals surface area contributed by atoms with Crippen LogP contribution in [-0.2, 0) is 0 Å². The number of nitrogen functional groups attached to an aromatic ring is 1. The maximum absolute atomic E-state index is 5.87. The predicted octanol–water partition coefficient (Wildman–Crippen LogP) is 4.08. The number of hydrogen-bond donors (Lipinski definition) is 2. The molecule has 0 radical (unpaired) electrons. The molecule has 0 bridgehead atoms. The SMILES string of the molecule is CCCOc1nc(NCCC2CCC(C)CC2)ccc1N. The van der Waals surface area contributed by atoms with Crippen LogP contribution in [0.3, 0.4) is 0 Å². The van der Waals surface area contributed by atoms with Gasteiger partial charge in [-0.2, -0.15) is 4.98 Å². The van der Waals surface area contributed by atoms with Crippen molar-refractivity contribution in [3.8, 4) is 5.88 Å². The number of rotatable bonds is 7. The summed E-state index contributed by atoms with van der Waals surface area (Å²) in [6.45, 7) is 6.07. The lowest BCUT2D eigenvalue weighted by Crippen LogP contribution is -2.16. The van der Waals surface area contributed by atoms with Gasteiger partial charge in [-0.25, -0.2) is 0 Å². The van der Waals surface area contributed by atoms with Crippen molar-refractivity contribution in [2.24, 2.45) is 11.8 Å². The zero-order valence-electron chi connectivity index (χ0n) is 13.4. The molecule has 0 aromatic carbocycles. The van der Waals surface area contributed by atoms with E-state index in [9.17, 15) is 0 Å². The number of nitrogens with two attached hydrogens (primary N) is 1. The Balaban J connectivity index is 1.77. The second-order valence-corrected chi connectivity index (χ2v) is 6.28. The average Bonchev–Trinajstić information content (AvgIpc) is 2.49. The van der Waals surface area contributed by atoms with E-state index in [1.165, 1.54) is 32.1 Å². The highest BCUT2D eigenvalue weighted by molar-refractivity contribution is 5.53. The monoisotopic (exact) mass is 291 g/mol. The Morgan fingerprint density at radius 3 is 2.76 bits per heavy atom. The molecule has 1 heterocycles. The highest BCUT2D eigenvalue weighted by atomic mass is 16.5. The number of nitrogens with zero attached hydrogens (tertiary/aromatic N) is 1. The smallest absolute Gasteiger partial charge is 0.239 e. The molecule has 4 nitrogen and oxygen atoms in total. The van der Waals surface area contributed by atoms with Gasteiger partial charge >= 0.3 is 0 Å². The van der Waals surface area contributed by atoms with Crippen molar-refractivity contribution in [3.05, 3.63) is 12.1 Å². The number of pyridine rings is 1. The third kappa shape index (κ3) is 5.10. The number of ether oxygens (including phenoxy) is 1. The summed E-state index contributed by atoms with van der Waals surface area (Å²) in [7, 11) is 0. The van der Waals surface area contributed by atoms with Gasteiger partial charge < -0.3 is 15.8 Å². The van der Waals surface area contributed by atoms with E-state index < -0.39 is 0 Å². The summed E-state index contributed by atoms with van der Waals surface area (Å²) in [6, 6.07) is 3.79. The van der Waals surface area contributed by atoms with Crippen LogP contribution in [0.25, 0.3) is 0 Å². The molecule has 0 unspecified atom stereocenters. The van der Waals surface area contributed by atoms with E-state index in [1.54, 1.807) is 0 Å². The number of hydrogen-bond acceptors (Lipinski definition) is 4. The fourth-order valence-electron chi connectivity index (χ4n) is 2.89. The Morgan fingerprint density at radius 2 is 2.05 bits per heavy atom. The minimum Gasteiger partial charge on any atom is -0.476 e. The molecule has 1 fully saturated rings. The second-order valence-electron chi connectivity index (χ2n) is 6.28. The van der Waals surface area contributed by atoms with Crippen molar-refractivity contribution in [2.45, 2.75) is 52.4 Å². The molecule has 118 valence electrons. The average molecular weight is 291 g/mol. The highest BCUT2D eigenvalue weighted by Gasteiger charge is 2.17. The van der Waals surface area contributed by atoms with Gasteiger partial charge in [0.2, 0.25) is 5.88 Å². The van der Waals surface area contributed by atoms with Gasteiger partial charge in [0, 0.05) is 6.54 Å². The summed E-state index contributed by atoms with van der Waals surface area (Å²) in [5, 5.41) is 3.40. The Kier molecular flexibility index (Phi) is 6.15. The van der Waals surface area contributed by atoms with E-state index in [1.807, 2.05) is 12.1 Å². The first-order chi connectivity index (χ1) is 10.2. The second kappa shape index (κ2) is 8.11. The van der Waals surface area contributed by atoms with Crippen LogP contribution in [0.15, 0.2) is 12.1 Å². The lowest BCUT2D eigenvalue weighted by Gasteiger charge is -2.26. The van der Waals surface area contributed by atoms with Crippen LogP contribution in [0.1, 0.15) is 52.4 Å². The number of nitrogens with one attached hydrogen (secondary N) is 1.